The molecule has 8 aliphatic rings. The number of ether oxygens (including phenoxy) is 2. The lowest BCUT2D eigenvalue weighted by Crippen LogP contribution is -2.69. The normalized spacial score (nSPS) is 49.3. The topological polar surface area (TPSA) is 185 Å². The Morgan fingerprint density at radius 2 is 1.49 bits per heavy atom. The number of allylic oxidation sites excluding steroid dienone is 8. The van der Waals surface area contributed by atoms with Crippen LogP contribution in [0.3, 0.4) is 0 Å². The molecule has 0 aromatic heterocycles. The fraction of sp³-hybridized carbons (Fsp3) is 0.711. The highest BCUT2D eigenvalue weighted by molar-refractivity contribution is 6.02. The van der Waals surface area contributed by atoms with Crippen molar-refractivity contribution in [3.63, 3.8) is 0 Å². The van der Waals surface area contributed by atoms with Crippen molar-refractivity contribution in [2.75, 3.05) is 13.2 Å². The van der Waals surface area contributed by atoms with Gasteiger partial charge < -0.3 is 29.9 Å². The Hall–Kier alpha value is -3.32. The second kappa shape index (κ2) is 13.1. The van der Waals surface area contributed by atoms with Gasteiger partial charge in [0, 0.05) is 39.9 Å². The molecule has 8 rings (SSSR count). The van der Waals surface area contributed by atoms with Crippen molar-refractivity contribution < 1.29 is 58.3 Å². The first-order valence-electron chi connectivity index (χ1n) is 20.9. The average Bonchev–Trinajstić information content (AvgIpc) is 3.53. The third-order valence-electron chi connectivity index (χ3n) is 17.6. The summed E-state index contributed by atoms with van der Waals surface area (Å²) in [6.07, 6.45) is 8.92. The Bertz CT molecular complexity index is 1940. The largest absolute Gasteiger partial charge is 0.508 e. The van der Waals surface area contributed by atoms with Crippen LogP contribution in [0.2, 0.25) is 0 Å². The molecule has 5 unspecified atom stereocenters. The summed E-state index contributed by atoms with van der Waals surface area (Å²) in [4.78, 5) is 64.7. The molecule has 0 aliphatic heterocycles. The summed E-state index contributed by atoms with van der Waals surface area (Å²) in [5, 5.41) is 47.5. The summed E-state index contributed by atoms with van der Waals surface area (Å²) in [5.74, 6) is -3.57. The van der Waals surface area contributed by atoms with Crippen LogP contribution in [0.1, 0.15) is 98.8 Å². The molecule has 0 saturated heterocycles. The number of hydrogen-bond donors (Lipinski definition) is 4. The number of carbonyl (C=O) groups is 5. The summed E-state index contributed by atoms with van der Waals surface area (Å²) in [7, 11) is 0. The Balaban J connectivity index is 0.887. The van der Waals surface area contributed by atoms with Gasteiger partial charge in [-0.1, -0.05) is 51.0 Å². The zero-order valence-electron chi connectivity index (χ0n) is 33.6. The molecule has 0 aromatic rings. The average molecular weight is 793 g/mol. The van der Waals surface area contributed by atoms with E-state index < -0.39 is 99.4 Å². The van der Waals surface area contributed by atoms with Gasteiger partial charge in [-0.3, -0.25) is 19.2 Å². The molecular formula is C45H57FO11. The van der Waals surface area contributed by atoms with Crippen LogP contribution < -0.4 is 0 Å². The Morgan fingerprint density at radius 3 is 2.21 bits per heavy atom. The fourth-order valence-corrected chi connectivity index (χ4v) is 14.6. The predicted octanol–water partition coefficient (Wildman–Crippen LogP) is 5.03. The quantitative estimate of drug-likeness (QED) is 0.254. The third kappa shape index (κ3) is 5.24. The molecule has 4 N–H and O–H groups in total. The van der Waals surface area contributed by atoms with Crippen LogP contribution in [0.25, 0.3) is 0 Å². The number of carbonyl (C=O) groups excluding carboxylic acids is 5. The number of aliphatic hydroxyl groups is 4. The van der Waals surface area contributed by atoms with E-state index in [1.807, 2.05) is 13.0 Å². The van der Waals surface area contributed by atoms with E-state index in [1.54, 1.807) is 39.0 Å². The number of hydrogen-bond acceptors (Lipinski definition) is 11. The fourth-order valence-electron chi connectivity index (χ4n) is 14.6. The molecule has 12 heteroatoms. The highest BCUT2D eigenvalue weighted by atomic mass is 19.1. The summed E-state index contributed by atoms with van der Waals surface area (Å²) in [5.41, 5.74) is -8.14. The number of halogens is 1. The Morgan fingerprint density at radius 1 is 0.825 bits per heavy atom. The lowest BCUT2D eigenvalue weighted by atomic mass is 9.44. The SMILES string of the molecule is C[C@H]1CC2C3CCC4=CC(=O)C=C[C@]4(C)[C@@]3(F)[C@@H](O)C[C@]2(C)[C@@]1(O)C(=O)COC(=O)OCCC(=O)[C@@]1(O)CCC2C3CCC4=CC(=O)C=C[C@]4(C)C3[C@@H](O)C[C@@]21C. The van der Waals surface area contributed by atoms with E-state index in [1.165, 1.54) is 12.2 Å². The number of ketones is 4. The third-order valence-corrected chi connectivity index (χ3v) is 17.6. The summed E-state index contributed by atoms with van der Waals surface area (Å²) in [6.45, 7) is 7.77. The first-order valence-corrected chi connectivity index (χ1v) is 20.9. The second-order valence-corrected chi connectivity index (χ2v) is 19.8. The molecule has 6 fully saturated rings. The molecule has 11 nitrogen and oxygen atoms in total. The molecule has 310 valence electrons. The standard InChI is InChI=1S/C45H57FO11/c1-24-18-32-31-9-7-26-20-28(48)11-15-40(26,3)44(31,46)35(51)22-42(32,5)45(24,55)36(52)23-57-38(53)56-17-13-34(50)43(54)16-12-30-29-8-6-25-19-27(47)10-14-39(25,2)37(29)33(49)21-41(30,43)4/h10-11,14-15,19-20,24,29-33,35,37,49,51,54-55H,6-9,12-13,16-18,21-23H2,1-5H3/t24-,29?,30?,31?,32?,33-,35-,37?,39-,40-,41-,42-,43-,44-,45-/m0/s1. The molecular weight excluding hydrogens is 735 g/mol. The molecule has 6 saturated carbocycles. The molecule has 57 heavy (non-hydrogen) atoms. The predicted molar refractivity (Wildman–Crippen MR) is 203 cm³/mol. The summed E-state index contributed by atoms with van der Waals surface area (Å²) in [6, 6.07) is 0. The van der Waals surface area contributed by atoms with Gasteiger partial charge in [0.1, 0.15) is 17.8 Å². The van der Waals surface area contributed by atoms with Gasteiger partial charge in [-0.15, -0.1) is 0 Å². The number of fused-ring (bicyclic) bond motifs is 10. The molecule has 0 bridgehead atoms. The molecule has 0 amide bonds. The van der Waals surface area contributed by atoms with Gasteiger partial charge in [-0.25, -0.2) is 9.18 Å². The minimum absolute atomic E-state index is 0.0348. The number of Topliss-reactive ketones (excluding diaryl/α,β-unsaturated/α-hetero) is 2. The van der Waals surface area contributed by atoms with E-state index in [-0.39, 0.29) is 55.0 Å². The van der Waals surface area contributed by atoms with E-state index in [4.69, 9.17) is 9.47 Å². The molecule has 8 aliphatic carbocycles. The van der Waals surface area contributed by atoms with Crippen molar-refractivity contribution >= 4 is 29.3 Å². The molecule has 0 spiro atoms. The van der Waals surface area contributed by atoms with E-state index in [0.717, 1.165) is 12.0 Å². The van der Waals surface area contributed by atoms with E-state index >= 15 is 4.39 Å². The minimum Gasteiger partial charge on any atom is -0.434 e. The lowest BCUT2D eigenvalue weighted by Gasteiger charge is -2.62. The van der Waals surface area contributed by atoms with Gasteiger partial charge in [0.25, 0.3) is 0 Å². The van der Waals surface area contributed by atoms with Crippen LogP contribution >= 0.6 is 0 Å². The van der Waals surface area contributed by atoms with Crippen molar-refractivity contribution in [1.29, 1.82) is 0 Å². The highest BCUT2D eigenvalue weighted by Gasteiger charge is 2.76. The number of alkyl halides is 1. The van der Waals surface area contributed by atoms with Gasteiger partial charge >= 0.3 is 6.16 Å². The summed E-state index contributed by atoms with van der Waals surface area (Å²) < 4.78 is 27.9. The van der Waals surface area contributed by atoms with Gasteiger partial charge in [0.15, 0.2) is 29.6 Å². The van der Waals surface area contributed by atoms with Crippen LogP contribution in [-0.2, 0) is 28.7 Å². The van der Waals surface area contributed by atoms with Gasteiger partial charge in [-0.2, -0.15) is 0 Å². The first kappa shape index (κ1) is 40.5. The van der Waals surface area contributed by atoms with Crippen LogP contribution in [-0.4, -0.2) is 92.0 Å². The zero-order valence-corrected chi connectivity index (χ0v) is 33.6. The maximum Gasteiger partial charge on any atom is 0.508 e. The Kier molecular flexibility index (Phi) is 9.29. The van der Waals surface area contributed by atoms with Crippen molar-refractivity contribution in [2.24, 2.45) is 57.2 Å². The smallest absolute Gasteiger partial charge is 0.434 e. The van der Waals surface area contributed by atoms with Crippen LogP contribution in [0.4, 0.5) is 9.18 Å². The molecule has 15 atom stereocenters. The van der Waals surface area contributed by atoms with Crippen molar-refractivity contribution in [1.82, 2.24) is 0 Å². The van der Waals surface area contributed by atoms with Crippen LogP contribution in [0.15, 0.2) is 47.6 Å². The van der Waals surface area contributed by atoms with E-state index in [0.29, 0.717) is 37.7 Å². The van der Waals surface area contributed by atoms with E-state index in [2.05, 4.69) is 6.92 Å². The number of rotatable bonds is 7. The first-order chi connectivity index (χ1) is 26.6. The lowest BCUT2D eigenvalue weighted by molar-refractivity contribution is -0.219. The van der Waals surface area contributed by atoms with Gasteiger partial charge in [0.05, 0.1) is 12.2 Å². The number of aliphatic hydroxyl groups excluding tert-OH is 2. The minimum atomic E-state index is -2.13. The van der Waals surface area contributed by atoms with Crippen LogP contribution in [0.5, 0.6) is 0 Å². The monoisotopic (exact) mass is 792 g/mol. The van der Waals surface area contributed by atoms with Gasteiger partial charge in [0.2, 0.25) is 5.78 Å². The maximum atomic E-state index is 17.5. The van der Waals surface area contributed by atoms with Crippen molar-refractivity contribution in [3.8, 4) is 0 Å². The zero-order chi connectivity index (χ0) is 41.3. The van der Waals surface area contributed by atoms with Crippen LogP contribution in [0, 0.1) is 57.2 Å². The van der Waals surface area contributed by atoms with Crippen molar-refractivity contribution in [2.45, 2.75) is 128 Å². The molecule has 0 aromatic carbocycles. The van der Waals surface area contributed by atoms with Crippen molar-refractivity contribution in [3.05, 3.63) is 47.6 Å². The maximum absolute atomic E-state index is 17.5. The molecule has 0 radical (unpaired) electrons. The van der Waals surface area contributed by atoms with E-state index in [9.17, 15) is 44.4 Å². The molecule has 0 heterocycles. The highest BCUT2D eigenvalue weighted by Crippen LogP contribution is 2.71. The summed E-state index contributed by atoms with van der Waals surface area (Å²) >= 11 is 0. The van der Waals surface area contributed by atoms with Gasteiger partial charge in [-0.05, 0) is 113 Å². The second-order valence-electron chi connectivity index (χ2n) is 19.8. The Labute approximate surface area is 332 Å².